The van der Waals surface area contributed by atoms with Crippen LogP contribution in [0.3, 0.4) is 0 Å². The third-order valence-corrected chi connectivity index (χ3v) is 2.73. The summed E-state index contributed by atoms with van der Waals surface area (Å²) in [6.45, 7) is 0. The van der Waals surface area contributed by atoms with Gasteiger partial charge >= 0.3 is 16.2 Å². The molecule has 1 aromatic rings. The average Bonchev–Trinajstić information content (AvgIpc) is 2.36. The molecule has 74 valence electrons. The van der Waals surface area contributed by atoms with Crippen LogP contribution in [0.15, 0.2) is 18.2 Å². The van der Waals surface area contributed by atoms with E-state index in [-0.39, 0.29) is 11.3 Å². The van der Waals surface area contributed by atoms with Gasteiger partial charge < -0.3 is 5.11 Å². The number of carbonyl (C=O) groups is 1. The zero-order chi connectivity index (χ0) is 10.3. The fourth-order valence-corrected chi connectivity index (χ4v) is 2.14. The molecule has 0 aromatic heterocycles. The van der Waals surface area contributed by atoms with Gasteiger partial charge in [0.2, 0.25) is 0 Å². The largest absolute Gasteiger partial charge is 0.478 e. The lowest BCUT2D eigenvalue weighted by molar-refractivity contribution is 0.0697. The Labute approximate surface area is 79.7 Å². The fraction of sp³-hybridized carbons (Fsp3) is 0. The summed E-state index contributed by atoms with van der Waals surface area (Å²) < 4.78 is 26.4. The first kappa shape index (κ1) is 8.82. The lowest BCUT2D eigenvalue weighted by atomic mass is 10.2. The number of hydrogen-bond acceptors (Lipinski definition) is 3. The van der Waals surface area contributed by atoms with E-state index in [9.17, 15) is 13.2 Å². The van der Waals surface area contributed by atoms with Gasteiger partial charge in [-0.2, -0.15) is 8.42 Å². The van der Waals surface area contributed by atoms with Crippen molar-refractivity contribution < 1.29 is 18.3 Å². The minimum Gasteiger partial charge on any atom is -0.478 e. The standard InChI is InChI=1S/C7H6N2O4S/c10-7(11)4-1-2-5-6(3-4)9-14(12,13)8-5/h1-3,8-9H,(H,10,11). The number of fused-ring (bicyclic) bond motifs is 1. The predicted molar refractivity (Wildman–Crippen MR) is 49.6 cm³/mol. The number of nitrogens with one attached hydrogen (secondary N) is 2. The molecule has 0 spiro atoms. The second-order valence-corrected chi connectivity index (χ2v) is 4.19. The van der Waals surface area contributed by atoms with Crippen molar-refractivity contribution in [2.75, 3.05) is 9.44 Å². The maximum atomic E-state index is 11.0. The molecule has 1 aliphatic heterocycles. The molecule has 0 atom stereocenters. The summed E-state index contributed by atoms with van der Waals surface area (Å²) in [6, 6.07) is 3.99. The van der Waals surface area contributed by atoms with Crippen LogP contribution in [0.25, 0.3) is 0 Å². The van der Waals surface area contributed by atoms with Gasteiger partial charge in [-0.05, 0) is 18.2 Å². The minimum absolute atomic E-state index is 0.0372. The van der Waals surface area contributed by atoms with Crippen molar-refractivity contribution >= 4 is 27.6 Å². The molecular weight excluding hydrogens is 208 g/mol. The molecule has 1 heterocycles. The number of carboxylic acid groups (broad SMARTS) is 1. The Bertz CT molecular complexity index is 508. The summed E-state index contributed by atoms with van der Waals surface area (Å²) >= 11 is 0. The maximum absolute atomic E-state index is 11.0. The second-order valence-electron chi connectivity index (χ2n) is 2.77. The van der Waals surface area contributed by atoms with E-state index in [2.05, 4.69) is 9.44 Å². The Morgan fingerprint density at radius 3 is 2.50 bits per heavy atom. The van der Waals surface area contributed by atoms with Gasteiger partial charge in [0.25, 0.3) is 0 Å². The van der Waals surface area contributed by atoms with E-state index in [0.29, 0.717) is 5.69 Å². The van der Waals surface area contributed by atoms with Crippen LogP contribution in [0, 0.1) is 0 Å². The van der Waals surface area contributed by atoms with Crippen molar-refractivity contribution in [3.63, 3.8) is 0 Å². The molecule has 3 N–H and O–H groups in total. The molecule has 1 aromatic carbocycles. The molecule has 0 fully saturated rings. The quantitative estimate of drug-likeness (QED) is 0.633. The summed E-state index contributed by atoms with van der Waals surface area (Å²) in [5.41, 5.74) is 0.648. The molecule has 7 heteroatoms. The van der Waals surface area contributed by atoms with Gasteiger partial charge in [0.1, 0.15) is 0 Å². The van der Waals surface area contributed by atoms with Gasteiger partial charge in [-0.25, -0.2) is 4.79 Å². The van der Waals surface area contributed by atoms with E-state index in [1.165, 1.54) is 18.2 Å². The van der Waals surface area contributed by atoms with E-state index < -0.39 is 16.2 Å². The highest BCUT2D eigenvalue weighted by Crippen LogP contribution is 2.30. The smallest absolute Gasteiger partial charge is 0.335 e. The van der Waals surface area contributed by atoms with Crippen molar-refractivity contribution in [3.05, 3.63) is 23.8 Å². The van der Waals surface area contributed by atoms with Crippen LogP contribution in [0.4, 0.5) is 11.4 Å². The first-order valence-electron chi connectivity index (χ1n) is 3.66. The number of carboxylic acids is 1. The van der Waals surface area contributed by atoms with E-state index >= 15 is 0 Å². The zero-order valence-corrected chi connectivity index (χ0v) is 7.63. The van der Waals surface area contributed by atoms with Crippen molar-refractivity contribution in [3.8, 4) is 0 Å². The van der Waals surface area contributed by atoms with Gasteiger partial charge in [-0.1, -0.05) is 0 Å². The van der Waals surface area contributed by atoms with Crippen LogP contribution in [-0.4, -0.2) is 19.5 Å². The third kappa shape index (κ3) is 1.37. The molecule has 0 unspecified atom stereocenters. The van der Waals surface area contributed by atoms with Crippen LogP contribution >= 0.6 is 0 Å². The number of hydrogen-bond donors (Lipinski definition) is 3. The van der Waals surface area contributed by atoms with Crippen LogP contribution in [0.2, 0.25) is 0 Å². The molecule has 6 nitrogen and oxygen atoms in total. The highest BCUT2D eigenvalue weighted by molar-refractivity contribution is 7.94. The molecule has 0 bridgehead atoms. The summed E-state index contributed by atoms with van der Waals surface area (Å²) in [7, 11) is -3.54. The normalized spacial score (nSPS) is 16.6. The van der Waals surface area contributed by atoms with Gasteiger partial charge in [0.05, 0.1) is 16.9 Å². The first-order chi connectivity index (χ1) is 6.48. The molecule has 1 aliphatic rings. The van der Waals surface area contributed by atoms with Crippen molar-refractivity contribution in [2.45, 2.75) is 0 Å². The molecule has 14 heavy (non-hydrogen) atoms. The lowest BCUT2D eigenvalue weighted by Crippen LogP contribution is -2.12. The molecule has 0 saturated heterocycles. The van der Waals surface area contributed by atoms with E-state index in [4.69, 9.17) is 5.11 Å². The number of rotatable bonds is 1. The minimum atomic E-state index is -3.54. The van der Waals surface area contributed by atoms with Crippen LogP contribution < -0.4 is 9.44 Å². The van der Waals surface area contributed by atoms with Gasteiger partial charge in [0.15, 0.2) is 0 Å². The summed E-state index contributed by atoms with van der Waals surface area (Å²) in [6.07, 6.45) is 0. The summed E-state index contributed by atoms with van der Waals surface area (Å²) in [4.78, 5) is 10.6. The Kier molecular flexibility index (Phi) is 1.65. The monoisotopic (exact) mass is 214 g/mol. The molecular formula is C7H6N2O4S. The molecule has 0 aliphatic carbocycles. The molecule has 0 amide bonds. The lowest BCUT2D eigenvalue weighted by Gasteiger charge is -1.97. The Hall–Kier alpha value is -1.76. The third-order valence-electron chi connectivity index (χ3n) is 1.76. The van der Waals surface area contributed by atoms with Crippen molar-refractivity contribution in [1.82, 2.24) is 0 Å². The number of benzene rings is 1. The maximum Gasteiger partial charge on any atom is 0.335 e. The summed E-state index contributed by atoms with van der Waals surface area (Å²) in [5, 5.41) is 8.65. The Morgan fingerprint density at radius 2 is 1.86 bits per heavy atom. The zero-order valence-electron chi connectivity index (χ0n) is 6.81. The van der Waals surface area contributed by atoms with Crippen LogP contribution in [0.5, 0.6) is 0 Å². The topological polar surface area (TPSA) is 95.5 Å². The second kappa shape index (κ2) is 2.61. The van der Waals surface area contributed by atoms with Gasteiger partial charge in [0, 0.05) is 0 Å². The highest BCUT2D eigenvalue weighted by atomic mass is 32.2. The van der Waals surface area contributed by atoms with E-state index in [0.717, 1.165) is 0 Å². The highest BCUT2D eigenvalue weighted by Gasteiger charge is 2.22. The van der Waals surface area contributed by atoms with Gasteiger partial charge in [-0.15, -0.1) is 0 Å². The Morgan fingerprint density at radius 1 is 1.21 bits per heavy atom. The predicted octanol–water partition coefficient (Wildman–Crippen LogP) is 0.467. The van der Waals surface area contributed by atoms with E-state index in [1.54, 1.807) is 0 Å². The van der Waals surface area contributed by atoms with E-state index in [1.807, 2.05) is 0 Å². The SMILES string of the molecule is O=C(O)c1ccc2c(c1)NS(=O)(=O)N2. The van der Waals surface area contributed by atoms with Crippen LogP contribution in [0.1, 0.15) is 10.4 Å². The van der Waals surface area contributed by atoms with Crippen LogP contribution in [-0.2, 0) is 10.2 Å². The fourth-order valence-electron chi connectivity index (χ4n) is 1.17. The molecule has 0 saturated carbocycles. The summed E-state index contributed by atoms with van der Waals surface area (Å²) in [5.74, 6) is -1.10. The molecule has 0 radical (unpaired) electrons. The van der Waals surface area contributed by atoms with Gasteiger partial charge in [-0.3, -0.25) is 9.44 Å². The van der Waals surface area contributed by atoms with Crippen molar-refractivity contribution in [2.24, 2.45) is 0 Å². The number of aromatic carboxylic acids is 1. The Balaban J connectivity index is 2.50. The average molecular weight is 214 g/mol. The molecule has 2 rings (SSSR count). The van der Waals surface area contributed by atoms with Crippen molar-refractivity contribution in [1.29, 1.82) is 0 Å². The first-order valence-corrected chi connectivity index (χ1v) is 5.14. The number of anilines is 2.